The van der Waals surface area contributed by atoms with Gasteiger partial charge in [0.15, 0.2) is 0 Å². The average Bonchev–Trinajstić information content (AvgIpc) is 2.09. The first-order valence-electron chi connectivity index (χ1n) is 4.22. The average molecular weight is 180 g/mol. The zero-order valence-corrected chi connectivity index (χ0v) is 7.49. The maximum Gasteiger partial charge on any atom is 0.311 e. The van der Waals surface area contributed by atoms with E-state index in [1.807, 2.05) is 6.92 Å². The molecule has 1 aromatic carbocycles. The second kappa shape index (κ2) is 4.50. The van der Waals surface area contributed by atoms with E-state index in [-0.39, 0.29) is 11.7 Å². The van der Waals surface area contributed by atoms with Crippen LogP contribution < -0.4 is 4.74 Å². The lowest BCUT2D eigenvalue weighted by molar-refractivity contribution is -0.134. The van der Waals surface area contributed by atoms with Gasteiger partial charge in [-0.1, -0.05) is 6.92 Å². The molecule has 3 nitrogen and oxygen atoms in total. The summed E-state index contributed by atoms with van der Waals surface area (Å²) in [6.45, 7) is 1.91. The van der Waals surface area contributed by atoms with E-state index in [2.05, 4.69) is 0 Å². The molecule has 0 aromatic heterocycles. The first-order chi connectivity index (χ1) is 6.22. The smallest absolute Gasteiger partial charge is 0.311 e. The lowest BCUT2D eigenvalue weighted by Gasteiger charge is -2.02. The molecule has 1 aromatic rings. The van der Waals surface area contributed by atoms with Crippen molar-refractivity contribution in [3.05, 3.63) is 24.3 Å². The molecule has 0 bridgehead atoms. The lowest BCUT2D eigenvalue weighted by Crippen LogP contribution is -2.06. The summed E-state index contributed by atoms with van der Waals surface area (Å²) in [4.78, 5) is 11.0. The quantitative estimate of drug-likeness (QED) is 0.572. The van der Waals surface area contributed by atoms with Crippen LogP contribution in [0.5, 0.6) is 11.5 Å². The maximum atomic E-state index is 11.0. The number of carbonyl (C=O) groups is 1. The molecule has 0 radical (unpaired) electrons. The van der Waals surface area contributed by atoms with Crippen LogP contribution in [0.1, 0.15) is 19.8 Å². The van der Waals surface area contributed by atoms with Gasteiger partial charge in [-0.3, -0.25) is 4.79 Å². The number of hydrogen-bond acceptors (Lipinski definition) is 3. The maximum absolute atomic E-state index is 11.0. The Labute approximate surface area is 77.0 Å². The van der Waals surface area contributed by atoms with Crippen LogP contribution in [0.15, 0.2) is 24.3 Å². The van der Waals surface area contributed by atoms with Gasteiger partial charge in [-0.15, -0.1) is 0 Å². The Bertz CT molecular complexity index is 277. The highest BCUT2D eigenvalue weighted by atomic mass is 16.5. The summed E-state index contributed by atoms with van der Waals surface area (Å²) >= 11 is 0. The van der Waals surface area contributed by atoms with Crippen molar-refractivity contribution in [3.8, 4) is 11.5 Å². The molecule has 0 amide bonds. The number of phenolic OH excluding ortho intramolecular Hbond substituents is 1. The number of carbonyl (C=O) groups excluding carboxylic acids is 1. The summed E-state index contributed by atoms with van der Waals surface area (Å²) in [5, 5.41) is 8.95. The molecular weight excluding hydrogens is 168 g/mol. The first-order valence-corrected chi connectivity index (χ1v) is 4.22. The molecule has 1 rings (SSSR count). The third-order valence-electron chi connectivity index (χ3n) is 1.52. The highest BCUT2D eigenvalue weighted by molar-refractivity contribution is 5.72. The van der Waals surface area contributed by atoms with Crippen molar-refractivity contribution >= 4 is 5.97 Å². The molecule has 0 heterocycles. The largest absolute Gasteiger partial charge is 0.508 e. The minimum atomic E-state index is -0.242. The van der Waals surface area contributed by atoms with E-state index in [9.17, 15) is 4.79 Å². The summed E-state index contributed by atoms with van der Waals surface area (Å²) in [6.07, 6.45) is 1.19. The molecule has 0 aliphatic rings. The van der Waals surface area contributed by atoms with Crippen LogP contribution in [0, 0.1) is 0 Å². The van der Waals surface area contributed by atoms with E-state index < -0.39 is 0 Å². The van der Waals surface area contributed by atoms with Crippen molar-refractivity contribution in [3.63, 3.8) is 0 Å². The van der Waals surface area contributed by atoms with Crippen LogP contribution in [0.25, 0.3) is 0 Å². The summed E-state index contributed by atoms with van der Waals surface area (Å²) in [5.74, 6) is 0.389. The van der Waals surface area contributed by atoms with Crippen molar-refractivity contribution in [1.29, 1.82) is 0 Å². The topological polar surface area (TPSA) is 46.5 Å². The summed E-state index contributed by atoms with van der Waals surface area (Å²) in [7, 11) is 0. The Hall–Kier alpha value is -1.51. The van der Waals surface area contributed by atoms with Crippen molar-refractivity contribution in [1.82, 2.24) is 0 Å². The molecule has 3 heteroatoms. The number of phenols is 1. The number of hydrogen-bond donors (Lipinski definition) is 1. The van der Waals surface area contributed by atoms with Gasteiger partial charge in [0.1, 0.15) is 11.5 Å². The fourth-order valence-electron chi connectivity index (χ4n) is 0.901. The molecule has 0 aliphatic carbocycles. The SMILES string of the molecule is CCCC(=O)Oc1ccc(O)cc1. The Morgan fingerprint density at radius 2 is 2.00 bits per heavy atom. The Morgan fingerprint density at radius 1 is 1.38 bits per heavy atom. The predicted molar refractivity (Wildman–Crippen MR) is 48.6 cm³/mol. The molecule has 70 valence electrons. The van der Waals surface area contributed by atoms with Gasteiger partial charge in [0.05, 0.1) is 0 Å². The van der Waals surface area contributed by atoms with Crippen LogP contribution in [0.4, 0.5) is 0 Å². The van der Waals surface area contributed by atoms with Crippen molar-refractivity contribution in [2.75, 3.05) is 0 Å². The van der Waals surface area contributed by atoms with Crippen LogP contribution in [-0.4, -0.2) is 11.1 Å². The number of ether oxygens (including phenoxy) is 1. The van der Waals surface area contributed by atoms with Crippen molar-refractivity contribution < 1.29 is 14.6 Å². The fraction of sp³-hybridized carbons (Fsp3) is 0.300. The molecule has 0 saturated heterocycles. The summed E-state index contributed by atoms with van der Waals surface area (Å²) in [5.41, 5.74) is 0. The predicted octanol–water partition coefficient (Wildman–Crippen LogP) is 2.10. The summed E-state index contributed by atoms with van der Waals surface area (Å²) in [6, 6.07) is 6.08. The highest BCUT2D eigenvalue weighted by Gasteiger charge is 2.02. The minimum Gasteiger partial charge on any atom is -0.508 e. The Morgan fingerprint density at radius 3 is 2.54 bits per heavy atom. The first kappa shape index (κ1) is 9.58. The van der Waals surface area contributed by atoms with Crippen LogP contribution in [-0.2, 0) is 4.79 Å². The lowest BCUT2D eigenvalue weighted by atomic mass is 10.3. The van der Waals surface area contributed by atoms with Crippen LogP contribution in [0.3, 0.4) is 0 Å². The van der Waals surface area contributed by atoms with Gasteiger partial charge in [-0.25, -0.2) is 0 Å². The number of esters is 1. The molecule has 1 N–H and O–H groups in total. The normalized spacial score (nSPS) is 9.62. The molecule has 0 saturated carbocycles. The van der Waals surface area contributed by atoms with Gasteiger partial charge in [0.25, 0.3) is 0 Å². The third kappa shape index (κ3) is 3.15. The molecule has 0 aliphatic heterocycles. The van der Waals surface area contributed by atoms with Gasteiger partial charge in [0.2, 0.25) is 0 Å². The second-order valence-corrected chi connectivity index (χ2v) is 2.72. The third-order valence-corrected chi connectivity index (χ3v) is 1.52. The van der Waals surface area contributed by atoms with Crippen LogP contribution in [0.2, 0.25) is 0 Å². The van der Waals surface area contributed by atoms with E-state index in [1.165, 1.54) is 12.1 Å². The molecule has 0 spiro atoms. The molecular formula is C10H12O3. The van der Waals surface area contributed by atoms with Gasteiger partial charge < -0.3 is 9.84 Å². The minimum absolute atomic E-state index is 0.162. The molecule has 13 heavy (non-hydrogen) atoms. The number of rotatable bonds is 3. The van der Waals surface area contributed by atoms with Gasteiger partial charge in [-0.2, -0.15) is 0 Å². The van der Waals surface area contributed by atoms with Gasteiger partial charge in [-0.05, 0) is 30.7 Å². The Kier molecular flexibility index (Phi) is 3.31. The van der Waals surface area contributed by atoms with Crippen molar-refractivity contribution in [2.24, 2.45) is 0 Å². The standard InChI is InChI=1S/C10H12O3/c1-2-3-10(12)13-9-6-4-8(11)5-7-9/h4-7,11H,2-3H2,1H3. The zero-order chi connectivity index (χ0) is 9.68. The van der Waals surface area contributed by atoms with E-state index in [4.69, 9.17) is 9.84 Å². The monoisotopic (exact) mass is 180 g/mol. The Balaban J connectivity index is 2.54. The van der Waals surface area contributed by atoms with E-state index in [0.29, 0.717) is 12.2 Å². The highest BCUT2D eigenvalue weighted by Crippen LogP contribution is 2.16. The molecule has 0 unspecified atom stereocenters. The van der Waals surface area contributed by atoms with Crippen LogP contribution >= 0.6 is 0 Å². The number of benzene rings is 1. The van der Waals surface area contributed by atoms with Gasteiger partial charge >= 0.3 is 5.97 Å². The molecule has 0 fully saturated rings. The van der Waals surface area contributed by atoms with E-state index in [1.54, 1.807) is 12.1 Å². The molecule has 0 atom stereocenters. The van der Waals surface area contributed by atoms with Crippen molar-refractivity contribution in [2.45, 2.75) is 19.8 Å². The summed E-state index contributed by atoms with van der Waals surface area (Å²) < 4.78 is 4.96. The van der Waals surface area contributed by atoms with Gasteiger partial charge in [0, 0.05) is 6.42 Å². The number of aromatic hydroxyl groups is 1. The van der Waals surface area contributed by atoms with E-state index in [0.717, 1.165) is 6.42 Å². The zero-order valence-electron chi connectivity index (χ0n) is 7.49. The second-order valence-electron chi connectivity index (χ2n) is 2.72. The fourth-order valence-corrected chi connectivity index (χ4v) is 0.901. The van der Waals surface area contributed by atoms with E-state index >= 15 is 0 Å².